The van der Waals surface area contributed by atoms with Gasteiger partial charge in [0.05, 0.1) is 10.0 Å². The van der Waals surface area contributed by atoms with Gasteiger partial charge < -0.3 is 25.4 Å². The summed E-state index contributed by atoms with van der Waals surface area (Å²) < 4.78 is 121. The van der Waals surface area contributed by atoms with E-state index in [1.807, 2.05) is 19.1 Å². The van der Waals surface area contributed by atoms with Crippen LogP contribution in [-0.4, -0.2) is 47.7 Å². The minimum Gasteiger partial charge on any atom is -0.480 e. The molecule has 0 radical (unpaired) electrons. The van der Waals surface area contributed by atoms with Gasteiger partial charge in [0.25, 0.3) is 0 Å². The first-order valence-electron chi connectivity index (χ1n) is 17.9. The monoisotopic (exact) mass is 891 g/mol. The lowest BCUT2D eigenvalue weighted by Crippen LogP contribution is -2.45. The Hall–Kier alpha value is -5.58. The lowest BCUT2D eigenvalue weighted by Gasteiger charge is -2.33. The van der Waals surface area contributed by atoms with Gasteiger partial charge in [0.2, 0.25) is 11.2 Å². The zero-order chi connectivity index (χ0) is 44.7. The fourth-order valence-electron chi connectivity index (χ4n) is 7.63. The van der Waals surface area contributed by atoms with Crippen molar-refractivity contribution in [3.63, 3.8) is 0 Å². The smallest absolute Gasteiger partial charge is 0.426 e. The molecule has 318 valence electrons. The second-order valence-electron chi connectivity index (χ2n) is 13.8. The number of ether oxygens (including phenoxy) is 2. The number of aliphatic carboxylic acids is 2. The normalized spacial score (nSPS) is 17.8. The van der Waals surface area contributed by atoms with E-state index in [-0.39, 0.29) is 49.5 Å². The van der Waals surface area contributed by atoms with Crippen LogP contribution < -0.4 is 5.73 Å². The summed E-state index contributed by atoms with van der Waals surface area (Å²) in [6, 6.07) is 28.7. The summed E-state index contributed by atoms with van der Waals surface area (Å²) in [6.07, 6.45) is -10.1. The number of rotatable bonds is 7. The van der Waals surface area contributed by atoms with Crippen molar-refractivity contribution in [1.82, 2.24) is 0 Å². The van der Waals surface area contributed by atoms with E-state index in [1.165, 1.54) is 64.9 Å². The molecule has 0 saturated heterocycles. The molecule has 2 aliphatic carbocycles. The van der Waals surface area contributed by atoms with Gasteiger partial charge in [-0.05, 0) is 58.7 Å². The van der Waals surface area contributed by atoms with Crippen LogP contribution in [0, 0.1) is 11.6 Å². The number of fused-ring (bicyclic) bond motifs is 7. The second-order valence-corrected chi connectivity index (χ2v) is 14.6. The largest absolute Gasteiger partial charge is 0.480 e. The topological polar surface area (TPSA) is 119 Å². The van der Waals surface area contributed by atoms with Crippen molar-refractivity contribution in [2.75, 3.05) is 13.2 Å². The summed E-state index contributed by atoms with van der Waals surface area (Å²) in [5.74, 6) is -5.10. The number of carboxylic acids is 2. The molecule has 0 spiro atoms. The molecule has 0 bridgehead atoms. The molecule has 8 rings (SSSR count). The zero-order valence-corrected chi connectivity index (χ0v) is 32.9. The lowest BCUT2D eigenvalue weighted by atomic mass is 9.90. The van der Waals surface area contributed by atoms with Gasteiger partial charge in [-0.3, -0.25) is 0 Å². The number of carbonyl (C=O) groups is 2. The fourth-order valence-corrected chi connectivity index (χ4v) is 8.25. The summed E-state index contributed by atoms with van der Waals surface area (Å²) in [5, 5.41) is 19.6. The van der Waals surface area contributed by atoms with Crippen molar-refractivity contribution < 1.29 is 64.4 Å². The molecular formula is C44H31Cl2F8NO6. The van der Waals surface area contributed by atoms with Crippen LogP contribution in [0.15, 0.2) is 115 Å². The van der Waals surface area contributed by atoms with Gasteiger partial charge >= 0.3 is 24.3 Å². The molecule has 2 unspecified atom stereocenters. The van der Waals surface area contributed by atoms with Crippen LogP contribution >= 0.6 is 23.2 Å². The number of hydrogen-bond donors (Lipinski definition) is 3. The number of benzene rings is 6. The van der Waals surface area contributed by atoms with E-state index >= 15 is 0 Å². The van der Waals surface area contributed by atoms with Crippen LogP contribution in [0.4, 0.5) is 35.1 Å². The average molecular weight is 893 g/mol. The van der Waals surface area contributed by atoms with Crippen LogP contribution in [0.25, 0.3) is 33.0 Å². The van der Waals surface area contributed by atoms with E-state index in [9.17, 15) is 44.7 Å². The Morgan fingerprint density at radius 3 is 1.43 bits per heavy atom. The van der Waals surface area contributed by atoms with Crippen molar-refractivity contribution in [3.05, 3.63) is 165 Å². The maximum Gasteiger partial charge on any atom is 0.426 e. The van der Waals surface area contributed by atoms with E-state index in [0.29, 0.717) is 12.1 Å². The summed E-state index contributed by atoms with van der Waals surface area (Å²) in [4.78, 5) is 21.6. The van der Waals surface area contributed by atoms with E-state index in [0.717, 1.165) is 12.1 Å². The number of nitrogens with two attached hydrogens (primary N) is 1. The van der Waals surface area contributed by atoms with Crippen molar-refractivity contribution >= 4 is 45.9 Å². The molecule has 7 nitrogen and oxygen atoms in total. The molecule has 61 heavy (non-hydrogen) atoms. The van der Waals surface area contributed by atoms with Crippen LogP contribution in [0.5, 0.6) is 0 Å². The Bertz CT molecular complexity index is 2510. The highest BCUT2D eigenvalue weighted by atomic mass is 35.5. The minimum atomic E-state index is -5.03. The quantitative estimate of drug-likeness (QED) is 0.137. The van der Waals surface area contributed by atoms with Crippen LogP contribution in [0.1, 0.15) is 40.8 Å². The van der Waals surface area contributed by atoms with Gasteiger partial charge in [-0.15, -0.1) is 0 Å². The molecule has 6 aromatic carbocycles. The van der Waals surface area contributed by atoms with E-state index < -0.39 is 71.5 Å². The predicted molar refractivity (Wildman–Crippen MR) is 211 cm³/mol. The van der Waals surface area contributed by atoms with Crippen molar-refractivity contribution in [2.24, 2.45) is 5.73 Å². The number of carboxylic acid groups (broad SMARTS) is 2. The lowest BCUT2D eigenvalue weighted by molar-refractivity contribution is -0.265. The van der Waals surface area contributed by atoms with Gasteiger partial charge in [-0.25, -0.2) is 18.4 Å². The molecule has 6 aromatic rings. The fraction of sp³-hybridized carbons (Fsp3) is 0.182. The van der Waals surface area contributed by atoms with Crippen LogP contribution in [-0.2, 0) is 30.3 Å². The maximum atomic E-state index is 14.0. The molecule has 0 saturated carbocycles. The Morgan fingerprint density at radius 2 is 1.02 bits per heavy atom. The van der Waals surface area contributed by atoms with Crippen LogP contribution in [0.2, 0.25) is 10.0 Å². The van der Waals surface area contributed by atoms with Gasteiger partial charge in [0.15, 0.2) is 0 Å². The van der Waals surface area contributed by atoms with Gasteiger partial charge in [-0.1, -0.05) is 114 Å². The maximum absolute atomic E-state index is 14.0. The molecule has 0 fully saturated rings. The summed E-state index contributed by atoms with van der Waals surface area (Å²) in [6.45, 7) is -0.398. The molecule has 0 aliphatic heterocycles. The highest BCUT2D eigenvalue weighted by Crippen LogP contribution is 2.60. The highest BCUT2D eigenvalue weighted by molar-refractivity contribution is 6.34. The summed E-state index contributed by atoms with van der Waals surface area (Å²) in [7, 11) is 0. The molecular weight excluding hydrogens is 861 g/mol. The number of halogens is 10. The predicted octanol–water partition coefficient (Wildman–Crippen LogP) is 11.6. The second kappa shape index (κ2) is 17.1. The summed E-state index contributed by atoms with van der Waals surface area (Å²) in [5.41, 5.74) is -0.615. The molecule has 17 heteroatoms. The Kier molecular flexibility index (Phi) is 12.6. The molecule has 2 aliphatic rings. The third-order valence-electron chi connectivity index (χ3n) is 9.96. The SMILES string of the molecule is C[C@@H](N)c1cccc2ccccc12.O=C(O)COC1(C(F)(F)F)c2ccccc2-c2c(Cl)cc(F)cc21.O=C(O)COC1(C(F)(F)F)c2ccccc2-c2c(Cl)cc(F)cc21. The Balaban J connectivity index is 0.000000160. The van der Waals surface area contributed by atoms with Crippen molar-refractivity contribution in [2.45, 2.75) is 36.5 Å². The molecule has 0 aromatic heterocycles. The summed E-state index contributed by atoms with van der Waals surface area (Å²) >= 11 is 11.9. The molecule has 4 N–H and O–H groups in total. The Labute approximate surface area is 351 Å². The number of alkyl halides is 6. The zero-order valence-electron chi connectivity index (χ0n) is 31.3. The Morgan fingerprint density at radius 1 is 0.623 bits per heavy atom. The van der Waals surface area contributed by atoms with E-state index in [2.05, 4.69) is 30.3 Å². The third kappa shape index (κ3) is 8.15. The minimum absolute atomic E-state index is 0.0172. The average Bonchev–Trinajstić information content (AvgIpc) is 3.64. The van der Waals surface area contributed by atoms with Crippen molar-refractivity contribution in [3.8, 4) is 22.3 Å². The molecule has 0 amide bonds. The molecule has 3 atom stereocenters. The first-order chi connectivity index (χ1) is 28.7. The standard InChI is InChI=1S/2C16H9ClF4O3.C12H13N/c2*17-12-6-8(18)5-11-14(12)9-3-1-2-4-10(9)15(11,16(19,20)21)24-7-13(22)23;1-9(13)11-8-4-6-10-5-2-3-7-12(10)11/h2*1-6H,7H2,(H,22,23);2-9H,13H2,1H3/t;;9-/m..1/s1. The first-order valence-corrected chi connectivity index (χ1v) is 18.7. The van der Waals surface area contributed by atoms with Gasteiger partial charge in [-0.2, -0.15) is 26.3 Å². The first kappa shape index (κ1) is 45.0. The highest BCUT2D eigenvalue weighted by Gasteiger charge is 2.65. The third-order valence-corrected chi connectivity index (χ3v) is 10.6. The molecule has 0 heterocycles. The van der Waals surface area contributed by atoms with Gasteiger partial charge in [0.1, 0.15) is 24.8 Å². The van der Waals surface area contributed by atoms with Crippen LogP contribution in [0.3, 0.4) is 0 Å². The van der Waals surface area contributed by atoms with Crippen molar-refractivity contribution in [1.29, 1.82) is 0 Å². The van der Waals surface area contributed by atoms with Gasteiger partial charge in [0, 0.05) is 39.4 Å². The van der Waals surface area contributed by atoms with E-state index in [4.69, 9.17) is 48.6 Å². The van der Waals surface area contributed by atoms with E-state index in [1.54, 1.807) is 0 Å². The number of hydrogen-bond acceptors (Lipinski definition) is 5.